The molecule has 0 N–H and O–H groups in total. The second-order valence-corrected chi connectivity index (χ2v) is 11.8. The fourth-order valence-corrected chi connectivity index (χ4v) is 8.10. The molecule has 0 atom stereocenters. The lowest BCUT2D eigenvalue weighted by atomic mass is 10.1. The summed E-state index contributed by atoms with van der Waals surface area (Å²) in [7, 11) is -1.48. The Balaban J connectivity index is 4.54. The summed E-state index contributed by atoms with van der Waals surface area (Å²) in [6, 6.07) is 3.98. The van der Waals surface area contributed by atoms with Gasteiger partial charge in [-0.25, -0.2) is 4.79 Å². The van der Waals surface area contributed by atoms with Crippen LogP contribution in [0.4, 0.5) is 0 Å². The van der Waals surface area contributed by atoms with Gasteiger partial charge in [0.1, 0.15) is 0 Å². The lowest BCUT2D eigenvalue weighted by Gasteiger charge is -2.31. The molecule has 0 heterocycles. The van der Waals surface area contributed by atoms with Gasteiger partial charge < -0.3 is 4.74 Å². The molecule has 136 valence electrons. The molecule has 0 rings (SSSR count). The van der Waals surface area contributed by atoms with Crippen molar-refractivity contribution in [3.63, 3.8) is 0 Å². The van der Waals surface area contributed by atoms with Crippen molar-refractivity contribution in [2.75, 3.05) is 6.23 Å². The summed E-state index contributed by atoms with van der Waals surface area (Å²) in [6.45, 7) is 10.3. The highest BCUT2D eigenvalue weighted by molar-refractivity contribution is 6.79. The Morgan fingerprint density at radius 2 is 1.30 bits per heavy atom. The topological polar surface area (TPSA) is 26.3 Å². The Kier molecular flexibility index (Phi) is 14.6. The van der Waals surface area contributed by atoms with E-state index in [1.807, 2.05) is 0 Å². The zero-order valence-corrected chi connectivity index (χ0v) is 17.0. The minimum absolute atomic E-state index is 0.238. The first-order valence-corrected chi connectivity index (χ1v) is 12.8. The molecular formula is C20H40O2Si. The Bertz CT molecular complexity index is 294. The van der Waals surface area contributed by atoms with Crippen LogP contribution in [0.3, 0.4) is 0 Å². The van der Waals surface area contributed by atoms with Gasteiger partial charge in [-0.15, -0.1) is 0 Å². The van der Waals surface area contributed by atoms with E-state index in [-0.39, 0.29) is 5.97 Å². The molecule has 0 radical (unpaired) electrons. The van der Waals surface area contributed by atoms with Crippen LogP contribution in [0.5, 0.6) is 0 Å². The first-order chi connectivity index (χ1) is 11.1. The van der Waals surface area contributed by atoms with E-state index in [9.17, 15) is 4.79 Å². The monoisotopic (exact) mass is 340 g/mol. The maximum atomic E-state index is 11.5. The van der Waals surface area contributed by atoms with Gasteiger partial charge in [0, 0.05) is 6.08 Å². The van der Waals surface area contributed by atoms with Crippen molar-refractivity contribution in [2.24, 2.45) is 0 Å². The number of carbonyl (C=O) groups is 1. The molecule has 2 nitrogen and oxygen atoms in total. The maximum Gasteiger partial charge on any atom is 0.329 e. The Labute approximate surface area is 146 Å². The number of hydrogen-bond acceptors (Lipinski definition) is 2. The first kappa shape index (κ1) is 22.4. The summed E-state index contributed by atoms with van der Waals surface area (Å²) in [6.07, 6.45) is 15.2. The molecule has 23 heavy (non-hydrogen) atoms. The van der Waals surface area contributed by atoms with Crippen molar-refractivity contribution in [1.82, 2.24) is 0 Å². The van der Waals surface area contributed by atoms with Crippen LogP contribution in [0.25, 0.3) is 0 Å². The summed E-state index contributed by atoms with van der Waals surface area (Å²) in [5.41, 5.74) is 0. The molecule has 0 aromatic heterocycles. The second-order valence-electron chi connectivity index (χ2n) is 7.04. The highest BCUT2D eigenvalue weighted by Crippen LogP contribution is 2.29. The molecule has 0 amide bonds. The number of hydrogen-bond donors (Lipinski definition) is 0. The molecule has 0 aliphatic rings. The Hall–Kier alpha value is -0.573. The van der Waals surface area contributed by atoms with E-state index in [0.717, 1.165) is 0 Å². The van der Waals surface area contributed by atoms with E-state index < -0.39 is 8.07 Å². The fourth-order valence-electron chi connectivity index (χ4n) is 3.26. The van der Waals surface area contributed by atoms with Crippen LogP contribution in [0.1, 0.15) is 85.0 Å². The van der Waals surface area contributed by atoms with Crippen molar-refractivity contribution in [3.8, 4) is 0 Å². The molecular weight excluding hydrogens is 300 g/mol. The fraction of sp³-hybridized carbons (Fsp3) is 0.850. The summed E-state index contributed by atoms with van der Waals surface area (Å²) in [5, 5.41) is 0. The van der Waals surface area contributed by atoms with Crippen LogP contribution in [0.2, 0.25) is 18.1 Å². The molecule has 0 unspecified atom stereocenters. The third-order valence-electron chi connectivity index (χ3n) is 4.87. The van der Waals surface area contributed by atoms with E-state index in [4.69, 9.17) is 4.74 Å². The van der Waals surface area contributed by atoms with Crippen molar-refractivity contribution in [2.45, 2.75) is 103 Å². The molecule has 0 aromatic rings. The molecule has 0 aromatic carbocycles. The predicted octanol–water partition coefficient (Wildman–Crippen LogP) is 6.66. The summed E-state index contributed by atoms with van der Waals surface area (Å²) in [4.78, 5) is 11.5. The summed E-state index contributed by atoms with van der Waals surface area (Å²) >= 11 is 0. The standard InChI is InChI=1S/C20H40O2Si/c1-5-9-12-13-14-15-18-23(16-10-6-2,17-11-7-3)19-22-20(21)8-4/h8H,4-7,9-19H2,1-3H3. The van der Waals surface area contributed by atoms with Gasteiger partial charge in [-0.1, -0.05) is 110 Å². The quantitative estimate of drug-likeness (QED) is 0.136. The van der Waals surface area contributed by atoms with Gasteiger partial charge in [-0.3, -0.25) is 0 Å². The highest BCUT2D eigenvalue weighted by Gasteiger charge is 2.32. The number of rotatable bonds is 16. The first-order valence-electron chi connectivity index (χ1n) is 9.93. The van der Waals surface area contributed by atoms with Crippen molar-refractivity contribution in [3.05, 3.63) is 12.7 Å². The Morgan fingerprint density at radius 3 is 1.83 bits per heavy atom. The lowest BCUT2D eigenvalue weighted by molar-refractivity contribution is -0.136. The van der Waals surface area contributed by atoms with Gasteiger partial charge in [0.15, 0.2) is 0 Å². The molecule has 0 aliphatic heterocycles. The minimum atomic E-state index is -1.48. The third kappa shape index (κ3) is 11.6. The second kappa shape index (κ2) is 15.0. The van der Waals surface area contributed by atoms with Crippen molar-refractivity contribution < 1.29 is 9.53 Å². The molecule has 0 spiro atoms. The van der Waals surface area contributed by atoms with Gasteiger partial charge in [0.25, 0.3) is 0 Å². The van der Waals surface area contributed by atoms with Gasteiger partial charge in [0.2, 0.25) is 0 Å². The van der Waals surface area contributed by atoms with E-state index in [0.29, 0.717) is 6.23 Å². The predicted molar refractivity (Wildman–Crippen MR) is 105 cm³/mol. The van der Waals surface area contributed by atoms with Crippen LogP contribution in [-0.4, -0.2) is 20.3 Å². The molecule has 0 saturated carbocycles. The number of ether oxygens (including phenoxy) is 1. The normalized spacial score (nSPS) is 11.4. The molecule has 0 aliphatic carbocycles. The minimum Gasteiger partial charge on any atom is -0.466 e. The average molecular weight is 341 g/mol. The van der Waals surface area contributed by atoms with Crippen LogP contribution >= 0.6 is 0 Å². The zero-order valence-electron chi connectivity index (χ0n) is 16.0. The van der Waals surface area contributed by atoms with Crippen LogP contribution in [0.15, 0.2) is 12.7 Å². The van der Waals surface area contributed by atoms with E-state index in [1.54, 1.807) is 0 Å². The van der Waals surface area contributed by atoms with E-state index >= 15 is 0 Å². The lowest BCUT2D eigenvalue weighted by Crippen LogP contribution is -2.41. The number of unbranched alkanes of at least 4 members (excludes halogenated alkanes) is 7. The highest BCUT2D eigenvalue weighted by atomic mass is 28.3. The SMILES string of the molecule is C=CC(=O)OC[Si](CCCC)(CCCC)CCCCCCCC. The van der Waals surface area contributed by atoms with Crippen LogP contribution in [-0.2, 0) is 9.53 Å². The van der Waals surface area contributed by atoms with Gasteiger partial charge in [-0.05, 0) is 0 Å². The van der Waals surface area contributed by atoms with E-state index in [1.165, 1.54) is 88.4 Å². The molecule has 0 saturated heterocycles. The summed E-state index contributed by atoms with van der Waals surface area (Å²) in [5.74, 6) is -0.238. The van der Waals surface area contributed by atoms with E-state index in [2.05, 4.69) is 27.4 Å². The average Bonchev–Trinajstić information content (AvgIpc) is 2.58. The largest absolute Gasteiger partial charge is 0.466 e. The van der Waals surface area contributed by atoms with Gasteiger partial charge >= 0.3 is 5.97 Å². The van der Waals surface area contributed by atoms with Crippen molar-refractivity contribution in [1.29, 1.82) is 0 Å². The summed E-state index contributed by atoms with van der Waals surface area (Å²) < 4.78 is 5.55. The smallest absolute Gasteiger partial charge is 0.329 e. The van der Waals surface area contributed by atoms with Crippen molar-refractivity contribution >= 4 is 14.0 Å². The molecule has 0 bridgehead atoms. The number of carbonyl (C=O) groups excluding carboxylic acids is 1. The third-order valence-corrected chi connectivity index (χ3v) is 9.87. The molecule has 3 heteroatoms. The zero-order chi connectivity index (χ0) is 17.4. The van der Waals surface area contributed by atoms with Crippen LogP contribution < -0.4 is 0 Å². The molecule has 0 fully saturated rings. The van der Waals surface area contributed by atoms with Crippen LogP contribution in [0, 0.1) is 0 Å². The maximum absolute atomic E-state index is 11.5. The van der Waals surface area contributed by atoms with Gasteiger partial charge in [-0.2, -0.15) is 0 Å². The Morgan fingerprint density at radius 1 is 0.826 bits per heavy atom. The number of esters is 1. The van der Waals surface area contributed by atoms with Gasteiger partial charge in [0.05, 0.1) is 14.3 Å².